The van der Waals surface area contributed by atoms with Crippen LogP contribution >= 0.6 is 11.6 Å². The van der Waals surface area contributed by atoms with Crippen LogP contribution in [-0.4, -0.2) is 10.2 Å². The lowest BCUT2D eigenvalue weighted by Crippen LogP contribution is -3.00. The quantitative estimate of drug-likeness (QED) is 0.572. The molecule has 3 heteroatoms. The molecule has 0 N–H and O–H groups in total. The van der Waals surface area contributed by atoms with Crippen LogP contribution in [0.1, 0.15) is 11.1 Å². The van der Waals surface area contributed by atoms with Gasteiger partial charge in [-0.25, -0.2) is 4.58 Å². The van der Waals surface area contributed by atoms with Crippen molar-refractivity contribution in [3.05, 3.63) is 71.8 Å². The Morgan fingerprint density at radius 1 is 0.778 bits per heavy atom. The van der Waals surface area contributed by atoms with E-state index < -0.39 is 0 Å². The van der Waals surface area contributed by atoms with Crippen LogP contribution in [0.4, 0.5) is 0 Å². The standard InChI is InChI=1S/C15H15ClN.ClH/c16-13-17(11-14-7-3-1-4-8-14)12-15-9-5-2-6-10-15;/h1-10,13H,11-12H2;1H/q+1;/p-1. The summed E-state index contributed by atoms with van der Waals surface area (Å²) in [5, 5.41) is 0. The Labute approximate surface area is 119 Å². The third-order valence-electron chi connectivity index (χ3n) is 2.59. The summed E-state index contributed by atoms with van der Waals surface area (Å²) in [4.78, 5) is 0. The van der Waals surface area contributed by atoms with Crippen molar-refractivity contribution in [1.29, 1.82) is 0 Å². The summed E-state index contributed by atoms with van der Waals surface area (Å²) in [6.07, 6.45) is 0. The highest BCUT2D eigenvalue weighted by Crippen LogP contribution is 2.05. The maximum atomic E-state index is 5.87. The van der Waals surface area contributed by atoms with Crippen molar-refractivity contribution in [2.75, 3.05) is 0 Å². The molecule has 0 aliphatic heterocycles. The fourth-order valence-electron chi connectivity index (χ4n) is 1.76. The van der Waals surface area contributed by atoms with Gasteiger partial charge in [-0.3, -0.25) is 0 Å². The smallest absolute Gasteiger partial charge is 0.233 e. The Bertz CT molecular complexity index is 437. The summed E-state index contributed by atoms with van der Waals surface area (Å²) in [7, 11) is 0. The molecule has 0 bridgehead atoms. The van der Waals surface area contributed by atoms with Crippen LogP contribution in [0.3, 0.4) is 0 Å². The van der Waals surface area contributed by atoms with Crippen LogP contribution in [0.25, 0.3) is 0 Å². The van der Waals surface area contributed by atoms with Crippen molar-refractivity contribution in [3.8, 4) is 0 Å². The summed E-state index contributed by atoms with van der Waals surface area (Å²) >= 11 is 5.87. The van der Waals surface area contributed by atoms with Gasteiger partial charge in [0.05, 0.1) is 0 Å². The van der Waals surface area contributed by atoms with Crippen molar-refractivity contribution in [2.24, 2.45) is 0 Å². The summed E-state index contributed by atoms with van der Waals surface area (Å²) in [6, 6.07) is 20.7. The lowest BCUT2D eigenvalue weighted by Gasteiger charge is -2.03. The number of hydrogen-bond acceptors (Lipinski definition) is 0. The van der Waals surface area contributed by atoms with E-state index in [1.54, 1.807) is 5.67 Å². The first-order chi connectivity index (χ1) is 8.38. The molecule has 1 nitrogen and oxygen atoms in total. The molecular formula is C15H15Cl2N. The third kappa shape index (κ3) is 4.52. The first-order valence-electron chi connectivity index (χ1n) is 5.64. The Hall–Kier alpha value is -1.31. The second-order valence-electron chi connectivity index (χ2n) is 3.97. The van der Waals surface area contributed by atoms with Crippen molar-refractivity contribution in [3.63, 3.8) is 0 Å². The molecule has 0 radical (unpaired) electrons. The summed E-state index contributed by atoms with van der Waals surface area (Å²) in [6.45, 7) is 1.67. The molecule has 0 spiro atoms. The van der Waals surface area contributed by atoms with E-state index in [1.165, 1.54) is 11.1 Å². The Morgan fingerprint density at radius 2 is 1.17 bits per heavy atom. The van der Waals surface area contributed by atoms with Crippen LogP contribution in [0.15, 0.2) is 60.7 Å². The minimum absolute atomic E-state index is 0. The van der Waals surface area contributed by atoms with Crippen molar-refractivity contribution in [1.82, 2.24) is 0 Å². The molecule has 0 aliphatic carbocycles. The Balaban J connectivity index is 0.00000162. The average molecular weight is 280 g/mol. The van der Waals surface area contributed by atoms with Gasteiger partial charge < -0.3 is 12.4 Å². The van der Waals surface area contributed by atoms with Gasteiger partial charge in [0, 0.05) is 11.1 Å². The fourth-order valence-corrected chi connectivity index (χ4v) is 1.90. The molecule has 0 unspecified atom stereocenters. The SMILES string of the molecule is ClC=[N+](Cc1ccccc1)Cc1ccccc1.[Cl-]. The summed E-state index contributed by atoms with van der Waals surface area (Å²) in [5.41, 5.74) is 4.15. The molecule has 2 rings (SSSR count). The van der Waals surface area contributed by atoms with Crippen LogP contribution in [0.2, 0.25) is 0 Å². The van der Waals surface area contributed by atoms with Gasteiger partial charge >= 0.3 is 0 Å². The molecule has 0 aromatic heterocycles. The number of rotatable bonds is 4. The van der Waals surface area contributed by atoms with Crippen LogP contribution in [-0.2, 0) is 13.1 Å². The van der Waals surface area contributed by atoms with Gasteiger partial charge in [0.2, 0.25) is 5.67 Å². The molecule has 18 heavy (non-hydrogen) atoms. The van der Waals surface area contributed by atoms with E-state index in [0.29, 0.717) is 0 Å². The summed E-state index contributed by atoms with van der Waals surface area (Å²) < 4.78 is 2.09. The number of hydrogen-bond donors (Lipinski definition) is 0. The number of benzene rings is 2. The maximum absolute atomic E-state index is 5.87. The first kappa shape index (κ1) is 14.7. The average Bonchev–Trinajstić information content (AvgIpc) is 2.40. The minimum atomic E-state index is 0. The third-order valence-corrected chi connectivity index (χ3v) is 2.87. The van der Waals surface area contributed by atoms with Gasteiger partial charge in [-0.2, -0.15) is 0 Å². The molecular weight excluding hydrogens is 265 g/mol. The monoisotopic (exact) mass is 279 g/mol. The Morgan fingerprint density at radius 3 is 1.50 bits per heavy atom. The van der Waals surface area contributed by atoms with Crippen molar-refractivity contribution >= 4 is 17.3 Å². The second kappa shape index (κ2) is 7.91. The molecule has 0 heterocycles. The highest BCUT2D eigenvalue weighted by Gasteiger charge is 2.06. The zero-order chi connectivity index (χ0) is 11.9. The van der Waals surface area contributed by atoms with E-state index in [-0.39, 0.29) is 12.4 Å². The van der Waals surface area contributed by atoms with E-state index in [1.807, 2.05) is 36.4 Å². The molecule has 2 aromatic rings. The molecule has 94 valence electrons. The van der Waals surface area contributed by atoms with Crippen LogP contribution in [0.5, 0.6) is 0 Å². The van der Waals surface area contributed by atoms with Crippen LogP contribution < -0.4 is 12.4 Å². The largest absolute Gasteiger partial charge is 1.00 e. The van der Waals surface area contributed by atoms with Gasteiger partial charge in [0.25, 0.3) is 0 Å². The topological polar surface area (TPSA) is 3.01 Å². The fraction of sp³-hybridized carbons (Fsp3) is 0.133. The number of halogens is 2. The van der Waals surface area contributed by atoms with E-state index in [0.717, 1.165) is 13.1 Å². The van der Waals surface area contributed by atoms with Crippen LogP contribution in [0, 0.1) is 0 Å². The normalized spacial score (nSPS) is 9.39. The molecule has 2 aromatic carbocycles. The molecule has 0 amide bonds. The molecule has 0 saturated carbocycles. The zero-order valence-corrected chi connectivity index (χ0v) is 11.5. The number of nitrogens with zero attached hydrogens (tertiary/aromatic N) is 1. The molecule has 0 aliphatic rings. The van der Waals surface area contributed by atoms with Gasteiger partial charge in [-0.1, -0.05) is 60.7 Å². The zero-order valence-electron chi connectivity index (χ0n) is 9.97. The minimum Gasteiger partial charge on any atom is -1.00 e. The second-order valence-corrected chi connectivity index (χ2v) is 4.17. The highest BCUT2D eigenvalue weighted by atomic mass is 35.5. The van der Waals surface area contributed by atoms with Gasteiger partial charge in [0.15, 0.2) is 13.1 Å². The molecule has 0 fully saturated rings. The lowest BCUT2D eigenvalue weighted by molar-refractivity contribution is -0.553. The van der Waals surface area contributed by atoms with Gasteiger partial charge in [0.1, 0.15) is 0 Å². The van der Waals surface area contributed by atoms with E-state index in [4.69, 9.17) is 11.6 Å². The van der Waals surface area contributed by atoms with E-state index in [2.05, 4.69) is 28.8 Å². The van der Waals surface area contributed by atoms with Gasteiger partial charge in [-0.05, 0) is 11.6 Å². The first-order valence-corrected chi connectivity index (χ1v) is 6.07. The van der Waals surface area contributed by atoms with E-state index >= 15 is 0 Å². The Kier molecular flexibility index (Phi) is 6.48. The lowest BCUT2D eigenvalue weighted by atomic mass is 10.2. The van der Waals surface area contributed by atoms with Gasteiger partial charge in [-0.15, -0.1) is 0 Å². The predicted octanol–water partition coefficient (Wildman–Crippen LogP) is 0.670. The van der Waals surface area contributed by atoms with Crippen molar-refractivity contribution in [2.45, 2.75) is 13.1 Å². The van der Waals surface area contributed by atoms with E-state index in [9.17, 15) is 0 Å². The molecule has 0 saturated heterocycles. The maximum Gasteiger partial charge on any atom is 0.233 e. The van der Waals surface area contributed by atoms with Crippen molar-refractivity contribution < 1.29 is 17.0 Å². The predicted molar refractivity (Wildman–Crippen MR) is 72.5 cm³/mol. The summed E-state index contributed by atoms with van der Waals surface area (Å²) in [5.74, 6) is 0. The highest BCUT2D eigenvalue weighted by molar-refractivity contribution is 6.54. The molecule has 0 atom stereocenters.